The highest BCUT2D eigenvalue weighted by molar-refractivity contribution is 7.99. The molecule has 3 rings (SSSR count). The van der Waals surface area contributed by atoms with Crippen LogP contribution in [0.5, 0.6) is 11.5 Å². The van der Waals surface area contributed by atoms with Crippen LogP contribution in [0.25, 0.3) is 0 Å². The fraction of sp³-hybridized carbons (Fsp3) is 0.188. The Kier molecular flexibility index (Phi) is 4.48. The maximum atomic E-state index is 13.0. The molecular formula is C16H14FNO3S. The maximum Gasteiger partial charge on any atom is 0.234 e. The van der Waals surface area contributed by atoms with Crippen LogP contribution < -0.4 is 14.8 Å². The Bertz CT molecular complexity index is 693. The molecule has 6 heteroatoms. The van der Waals surface area contributed by atoms with E-state index in [4.69, 9.17) is 9.47 Å². The Morgan fingerprint density at radius 2 is 2.05 bits per heavy atom. The lowest BCUT2D eigenvalue weighted by Gasteiger charge is -2.06. The first kappa shape index (κ1) is 14.7. The minimum Gasteiger partial charge on any atom is -0.454 e. The molecule has 1 aliphatic rings. The molecule has 1 heterocycles. The zero-order chi connectivity index (χ0) is 15.4. The third-order valence-electron chi connectivity index (χ3n) is 3.05. The Balaban J connectivity index is 1.47. The van der Waals surface area contributed by atoms with E-state index in [1.807, 2.05) is 18.2 Å². The molecule has 1 amide bonds. The summed E-state index contributed by atoms with van der Waals surface area (Å²) < 4.78 is 23.6. The number of ether oxygens (including phenoxy) is 2. The van der Waals surface area contributed by atoms with Crippen LogP contribution in [0.1, 0.15) is 5.56 Å². The van der Waals surface area contributed by atoms with E-state index < -0.39 is 0 Å². The van der Waals surface area contributed by atoms with Crippen molar-refractivity contribution in [3.8, 4) is 11.5 Å². The van der Waals surface area contributed by atoms with Crippen molar-refractivity contribution in [2.24, 2.45) is 0 Å². The zero-order valence-corrected chi connectivity index (χ0v) is 12.5. The zero-order valence-electron chi connectivity index (χ0n) is 11.7. The molecule has 4 nitrogen and oxygen atoms in total. The second-order valence-electron chi connectivity index (χ2n) is 4.74. The van der Waals surface area contributed by atoms with Crippen LogP contribution in [0, 0.1) is 5.82 Å². The number of carbonyl (C=O) groups excluding carboxylic acids is 1. The second-order valence-corrected chi connectivity index (χ2v) is 5.72. The number of hydrogen-bond donors (Lipinski definition) is 1. The summed E-state index contributed by atoms with van der Waals surface area (Å²) in [6.45, 7) is 0.252. The number of thioether (sulfide) groups is 1. The van der Waals surface area contributed by atoms with Gasteiger partial charge in [0.1, 0.15) is 5.82 Å². The van der Waals surface area contributed by atoms with E-state index in [9.17, 15) is 9.18 Å². The van der Waals surface area contributed by atoms with E-state index in [1.54, 1.807) is 12.1 Å². The first-order valence-electron chi connectivity index (χ1n) is 6.72. The van der Waals surface area contributed by atoms with Crippen molar-refractivity contribution in [1.29, 1.82) is 0 Å². The van der Waals surface area contributed by atoms with E-state index in [0.717, 1.165) is 17.1 Å². The van der Waals surface area contributed by atoms with Crippen LogP contribution in [0.2, 0.25) is 0 Å². The lowest BCUT2D eigenvalue weighted by Crippen LogP contribution is -2.14. The summed E-state index contributed by atoms with van der Waals surface area (Å²) in [7, 11) is 0. The third-order valence-corrected chi connectivity index (χ3v) is 4.05. The number of hydrogen-bond acceptors (Lipinski definition) is 4. The molecule has 0 bridgehead atoms. The molecule has 0 fully saturated rings. The Morgan fingerprint density at radius 3 is 2.91 bits per heavy atom. The Morgan fingerprint density at radius 1 is 1.18 bits per heavy atom. The van der Waals surface area contributed by atoms with Crippen LogP contribution in [-0.2, 0) is 10.5 Å². The second kappa shape index (κ2) is 6.70. The predicted octanol–water partition coefficient (Wildman–Crippen LogP) is 3.43. The van der Waals surface area contributed by atoms with Gasteiger partial charge in [-0.1, -0.05) is 12.1 Å². The van der Waals surface area contributed by atoms with Gasteiger partial charge in [0, 0.05) is 11.4 Å². The molecule has 0 unspecified atom stereocenters. The van der Waals surface area contributed by atoms with E-state index in [0.29, 0.717) is 17.2 Å². The van der Waals surface area contributed by atoms with Gasteiger partial charge in [-0.05, 0) is 35.9 Å². The summed E-state index contributed by atoms with van der Waals surface area (Å²) in [5, 5.41) is 2.67. The number of anilines is 1. The Hall–Kier alpha value is -2.21. The molecule has 0 saturated carbocycles. The van der Waals surface area contributed by atoms with Crippen LogP contribution in [0.4, 0.5) is 10.1 Å². The van der Waals surface area contributed by atoms with Gasteiger partial charge in [-0.15, -0.1) is 11.8 Å². The number of rotatable bonds is 5. The molecule has 22 heavy (non-hydrogen) atoms. The summed E-state index contributed by atoms with van der Waals surface area (Å²) in [6.07, 6.45) is 0. The quantitative estimate of drug-likeness (QED) is 0.917. The fourth-order valence-corrected chi connectivity index (χ4v) is 2.83. The number of fused-ring (bicyclic) bond motifs is 1. The van der Waals surface area contributed by atoms with Gasteiger partial charge in [0.05, 0.1) is 5.75 Å². The van der Waals surface area contributed by atoms with Crippen LogP contribution in [0.15, 0.2) is 42.5 Å². The molecule has 0 radical (unpaired) electrons. The molecule has 2 aromatic rings. The van der Waals surface area contributed by atoms with Crippen molar-refractivity contribution >= 4 is 23.4 Å². The molecule has 2 aromatic carbocycles. The van der Waals surface area contributed by atoms with Gasteiger partial charge in [-0.3, -0.25) is 4.79 Å². The van der Waals surface area contributed by atoms with E-state index in [2.05, 4.69) is 5.32 Å². The summed E-state index contributed by atoms with van der Waals surface area (Å²) in [4.78, 5) is 11.8. The van der Waals surface area contributed by atoms with Crippen molar-refractivity contribution in [2.75, 3.05) is 17.9 Å². The standard InChI is InChI=1S/C16H14FNO3S/c17-12-2-1-3-13(7-12)18-16(19)9-22-8-11-4-5-14-15(6-11)21-10-20-14/h1-7H,8-10H2,(H,18,19). The molecule has 1 aliphatic heterocycles. The van der Waals surface area contributed by atoms with Gasteiger partial charge in [0.15, 0.2) is 11.5 Å². The molecule has 0 spiro atoms. The third kappa shape index (κ3) is 3.71. The van der Waals surface area contributed by atoms with Gasteiger partial charge >= 0.3 is 0 Å². The van der Waals surface area contributed by atoms with Crippen molar-refractivity contribution in [1.82, 2.24) is 0 Å². The first-order chi connectivity index (χ1) is 10.7. The lowest BCUT2D eigenvalue weighted by molar-refractivity contribution is -0.113. The van der Waals surface area contributed by atoms with Gasteiger partial charge in [0.2, 0.25) is 12.7 Å². The molecule has 0 saturated heterocycles. The van der Waals surface area contributed by atoms with E-state index in [1.165, 1.54) is 23.9 Å². The average Bonchev–Trinajstić information content (AvgIpc) is 2.95. The number of nitrogens with one attached hydrogen (secondary N) is 1. The minimum atomic E-state index is -0.370. The lowest BCUT2D eigenvalue weighted by atomic mass is 10.2. The maximum absolute atomic E-state index is 13.0. The fourth-order valence-electron chi connectivity index (χ4n) is 2.06. The summed E-state index contributed by atoms with van der Waals surface area (Å²) in [5.74, 6) is 1.94. The molecule has 0 aliphatic carbocycles. The van der Waals surface area contributed by atoms with Crippen LogP contribution >= 0.6 is 11.8 Å². The first-order valence-corrected chi connectivity index (χ1v) is 7.88. The Labute approximate surface area is 131 Å². The molecular weight excluding hydrogens is 305 g/mol. The largest absolute Gasteiger partial charge is 0.454 e. The number of carbonyl (C=O) groups is 1. The smallest absolute Gasteiger partial charge is 0.234 e. The minimum absolute atomic E-state index is 0.156. The molecule has 1 N–H and O–H groups in total. The highest BCUT2D eigenvalue weighted by atomic mass is 32.2. The van der Waals surface area contributed by atoms with Gasteiger partial charge in [-0.2, -0.15) is 0 Å². The number of amides is 1. The van der Waals surface area contributed by atoms with Crippen LogP contribution in [-0.4, -0.2) is 18.5 Å². The summed E-state index contributed by atoms with van der Waals surface area (Å²) in [5.41, 5.74) is 1.53. The molecule has 0 aromatic heterocycles. The average molecular weight is 319 g/mol. The number of benzene rings is 2. The van der Waals surface area contributed by atoms with Gasteiger partial charge in [-0.25, -0.2) is 4.39 Å². The summed E-state index contributed by atoms with van der Waals surface area (Å²) >= 11 is 1.48. The molecule has 0 atom stereocenters. The normalized spacial score (nSPS) is 12.2. The number of halogens is 1. The van der Waals surface area contributed by atoms with Crippen molar-refractivity contribution in [3.05, 3.63) is 53.8 Å². The highest BCUT2D eigenvalue weighted by Gasteiger charge is 2.13. The topological polar surface area (TPSA) is 47.6 Å². The van der Waals surface area contributed by atoms with Gasteiger partial charge < -0.3 is 14.8 Å². The summed E-state index contributed by atoms with van der Waals surface area (Å²) in [6, 6.07) is 11.6. The molecule has 114 valence electrons. The van der Waals surface area contributed by atoms with Crippen molar-refractivity contribution in [3.63, 3.8) is 0 Å². The predicted molar refractivity (Wildman–Crippen MR) is 83.8 cm³/mol. The van der Waals surface area contributed by atoms with Crippen LogP contribution in [0.3, 0.4) is 0 Å². The van der Waals surface area contributed by atoms with Gasteiger partial charge in [0.25, 0.3) is 0 Å². The monoisotopic (exact) mass is 319 g/mol. The van der Waals surface area contributed by atoms with Crippen molar-refractivity contribution in [2.45, 2.75) is 5.75 Å². The highest BCUT2D eigenvalue weighted by Crippen LogP contribution is 2.33. The van der Waals surface area contributed by atoms with E-state index in [-0.39, 0.29) is 18.5 Å². The van der Waals surface area contributed by atoms with E-state index >= 15 is 0 Å². The van der Waals surface area contributed by atoms with Crippen molar-refractivity contribution < 1.29 is 18.7 Å². The SMILES string of the molecule is O=C(CSCc1ccc2c(c1)OCO2)Nc1cccc(F)c1.